The molecule has 1 atom stereocenters. The van der Waals surface area contributed by atoms with Gasteiger partial charge in [0.25, 0.3) is 0 Å². The van der Waals surface area contributed by atoms with Gasteiger partial charge in [0.2, 0.25) is 0 Å². The summed E-state index contributed by atoms with van der Waals surface area (Å²) in [6.07, 6.45) is 11.6. The molecule has 358 valence electrons. The quantitative estimate of drug-likeness (QED) is 0.0885. The van der Waals surface area contributed by atoms with E-state index in [1.807, 2.05) is 49.4 Å². The Morgan fingerprint density at radius 3 is 1.83 bits per heavy atom. The van der Waals surface area contributed by atoms with Crippen LogP contribution < -0.4 is 23.0 Å². The summed E-state index contributed by atoms with van der Waals surface area (Å²) < 4.78 is 53.7. The fourth-order valence-corrected chi connectivity index (χ4v) is 11.4. The summed E-state index contributed by atoms with van der Waals surface area (Å²) in [4.78, 5) is 0. The Morgan fingerprint density at radius 1 is 0.648 bits per heavy atom. The van der Waals surface area contributed by atoms with Gasteiger partial charge in [-0.05, 0) is 132 Å². The van der Waals surface area contributed by atoms with E-state index in [1.54, 1.807) is 14.2 Å². The van der Waals surface area contributed by atoms with Crippen LogP contribution in [0.15, 0.2) is 183 Å². The van der Waals surface area contributed by atoms with E-state index in [0.29, 0.717) is 51.0 Å². The smallest absolute Gasteiger partial charge is 0.463 e. The first-order valence-corrected chi connectivity index (χ1v) is 26.1. The monoisotopic (exact) mass is 978 g/mol. The Hall–Kier alpha value is -7.21. The fraction of sp³-hybridized carbons (Fsp3) is 0.180. The van der Waals surface area contributed by atoms with Crippen molar-refractivity contribution < 1.29 is 36.0 Å². The molecule has 10 rings (SSSR count). The molecule has 1 aromatic heterocycles. The first-order chi connectivity index (χ1) is 34.6. The molecule has 0 spiro atoms. The van der Waals surface area contributed by atoms with Crippen molar-refractivity contribution in [3.05, 3.63) is 192 Å². The average molecular weight is 979 g/mol. The molecule has 0 amide bonds. The molecule has 8 aromatic carbocycles. The number of aryl methyl sites for hydroxylation is 1. The van der Waals surface area contributed by atoms with Crippen molar-refractivity contribution in [2.24, 2.45) is 0 Å². The van der Waals surface area contributed by atoms with E-state index in [1.165, 1.54) is 5.57 Å². The van der Waals surface area contributed by atoms with Crippen LogP contribution in [0.1, 0.15) is 63.6 Å². The van der Waals surface area contributed by atoms with E-state index in [0.717, 1.165) is 77.3 Å². The zero-order chi connectivity index (χ0) is 49.2. The van der Waals surface area contributed by atoms with Crippen molar-refractivity contribution in [3.8, 4) is 39.9 Å². The first kappa shape index (κ1) is 47.5. The van der Waals surface area contributed by atoms with Crippen LogP contribution in [0.3, 0.4) is 0 Å². The number of ether oxygens (including phenoxy) is 2. The van der Waals surface area contributed by atoms with E-state index < -0.39 is 16.8 Å². The molecular weight excluding hydrogens is 923 g/mol. The molecule has 1 aliphatic heterocycles. The van der Waals surface area contributed by atoms with Gasteiger partial charge in [-0.15, -0.1) is 0 Å². The largest absolute Gasteiger partial charge is 0.497 e. The Labute approximate surface area is 417 Å². The minimum absolute atomic E-state index is 0.00262. The van der Waals surface area contributed by atoms with Crippen molar-refractivity contribution in [1.82, 2.24) is 0 Å². The maximum atomic E-state index is 7.17. The Bertz CT molecular complexity index is 3580. The number of fused-ring (bicyclic) bond motifs is 10. The van der Waals surface area contributed by atoms with Crippen LogP contribution in [0.5, 0.6) is 28.7 Å². The number of methoxy groups -OCH3 is 2. The zero-order valence-corrected chi connectivity index (χ0v) is 43.0. The van der Waals surface area contributed by atoms with Crippen LogP contribution in [0.25, 0.3) is 71.0 Å². The molecule has 0 saturated heterocycles. The van der Waals surface area contributed by atoms with Crippen LogP contribution in [0.2, 0.25) is 0 Å². The molecule has 0 aliphatic carbocycles. The van der Waals surface area contributed by atoms with Gasteiger partial charge in [0.15, 0.2) is 0 Å². The number of hydrogen-bond acceptors (Lipinski definition) is 8. The average Bonchev–Trinajstić information content (AvgIpc) is 3.69. The van der Waals surface area contributed by atoms with Crippen molar-refractivity contribution >= 4 is 76.7 Å². The van der Waals surface area contributed by atoms with Crippen LogP contribution in [-0.2, 0) is 4.52 Å². The second kappa shape index (κ2) is 20.6. The fourth-order valence-electron chi connectivity index (χ4n) is 9.25. The van der Waals surface area contributed by atoms with Gasteiger partial charge in [-0.2, -0.15) is 0 Å². The third-order valence-electron chi connectivity index (χ3n) is 13.1. The van der Waals surface area contributed by atoms with Crippen LogP contribution in [0.4, 0.5) is 0 Å². The molecule has 1 aliphatic rings. The summed E-state index contributed by atoms with van der Waals surface area (Å²) >= 11 is 0. The maximum absolute atomic E-state index is 7.17. The third kappa shape index (κ3) is 9.56. The Balaban J connectivity index is 1.11. The molecule has 0 fully saturated rings. The molecule has 0 bridgehead atoms. The van der Waals surface area contributed by atoms with Gasteiger partial charge in [-0.3, -0.25) is 4.52 Å². The van der Waals surface area contributed by atoms with Crippen LogP contribution in [0, 0.1) is 6.92 Å². The van der Waals surface area contributed by atoms with Crippen LogP contribution >= 0.6 is 16.8 Å². The van der Waals surface area contributed by atoms with Gasteiger partial charge in [0.1, 0.15) is 39.9 Å². The normalized spacial score (nSPS) is 14.9. The first-order valence-electron chi connectivity index (χ1n) is 23.9. The number of benzene rings is 8. The summed E-state index contributed by atoms with van der Waals surface area (Å²) in [7, 11) is -0.795. The van der Waals surface area contributed by atoms with Crippen molar-refractivity contribution in [2.45, 2.75) is 53.9 Å². The lowest BCUT2D eigenvalue weighted by Crippen LogP contribution is -2.04. The summed E-state index contributed by atoms with van der Waals surface area (Å²) in [5.41, 5.74) is 8.74. The minimum Gasteiger partial charge on any atom is -0.497 e. The SMILES string of the molecule is C/C=C(C)/C=C\C/C=C\C(C)=C1\COP(Oc2c(-c3cc(OC)cc(C)c3Op3oc4ccc5ccccc5c4c4c(ccc5ccccc54)o3)cc(OC)cc2C(C)C)Oc2ccc3ccccc3c21. The summed E-state index contributed by atoms with van der Waals surface area (Å²) in [6, 6.07) is 45.3. The van der Waals surface area contributed by atoms with E-state index >= 15 is 0 Å². The second-order valence-corrected chi connectivity index (χ2v) is 20.0. The highest BCUT2D eigenvalue weighted by Crippen LogP contribution is 2.55. The number of hydrogen-bond donors (Lipinski definition) is 0. The predicted molar refractivity (Wildman–Crippen MR) is 294 cm³/mol. The van der Waals surface area contributed by atoms with E-state index in [9.17, 15) is 0 Å². The molecule has 0 N–H and O–H groups in total. The minimum atomic E-state index is -2.10. The molecule has 2 heterocycles. The van der Waals surface area contributed by atoms with E-state index in [2.05, 4.69) is 156 Å². The van der Waals surface area contributed by atoms with Gasteiger partial charge in [0.05, 0.1) is 20.8 Å². The standard InChI is InChI=1S/C61H56O8P2/c1-9-39(4)19-11-10-12-20-40(5)53-37-64-70(65-54-30-27-42-21-13-16-24-47(42)57(53)54)69-61-50(38(2)3)34-46(63-8)36-52(61)51-35-45(62-7)33-41(6)60(51)68-71-66-55-31-28-43-22-14-17-25-48(43)58(55)59-49-26-18-15-23-44(49)29-32-56(59)67-71/h9,11-36,38H,10,37H2,1-8H3/b19-11-,20-12-,39-9+,53-40-. The highest BCUT2D eigenvalue weighted by molar-refractivity contribution is 7.42. The van der Waals surface area contributed by atoms with Crippen molar-refractivity contribution in [2.75, 3.05) is 20.8 Å². The van der Waals surface area contributed by atoms with E-state index in [4.69, 9.17) is 36.0 Å². The molecular formula is C61H56O8P2. The highest BCUT2D eigenvalue weighted by atomic mass is 31.2. The summed E-state index contributed by atoms with van der Waals surface area (Å²) in [5, 5.41) is 8.41. The van der Waals surface area contributed by atoms with Gasteiger partial charge >= 0.3 is 16.8 Å². The van der Waals surface area contributed by atoms with Crippen LogP contribution in [-0.4, -0.2) is 20.8 Å². The molecule has 10 heteroatoms. The van der Waals surface area contributed by atoms with Gasteiger partial charge in [0, 0.05) is 33.0 Å². The molecule has 0 saturated carbocycles. The predicted octanol–water partition coefficient (Wildman–Crippen LogP) is 18.7. The summed E-state index contributed by atoms with van der Waals surface area (Å²) in [5.74, 6) is 3.07. The third-order valence-corrected chi connectivity index (χ3v) is 15.1. The number of rotatable bonds is 12. The number of allylic oxidation sites excluding steroid dienone is 7. The Kier molecular flexibility index (Phi) is 13.8. The second-order valence-electron chi connectivity index (χ2n) is 18.0. The van der Waals surface area contributed by atoms with E-state index in [-0.39, 0.29) is 12.5 Å². The lowest BCUT2D eigenvalue weighted by Gasteiger charge is -2.24. The zero-order valence-electron chi connectivity index (χ0n) is 41.2. The van der Waals surface area contributed by atoms with Gasteiger partial charge in [-0.25, -0.2) is 0 Å². The summed E-state index contributed by atoms with van der Waals surface area (Å²) in [6.45, 7) is 12.8. The molecule has 8 nitrogen and oxygen atoms in total. The maximum Gasteiger partial charge on any atom is 0.463 e. The molecule has 9 aromatic rings. The van der Waals surface area contributed by atoms with Crippen molar-refractivity contribution in [1.29, 1.82) is 0 Å². The molecule has 0 radical (unpaired) electrons. The molecule has 1 unspecified atom stereocenters. The highest BCUT2D eigenvalue weighted by Gasteiger charge is 2.32. The van der Waals surface area contributed by atoms with Gasteiger partial charge < -0.3 is 31.4 Å². The molecule has 71 heavy (non-hydrogen) atoms. The topological polar surface area (TPSA) is 81.7 Å². The lowest BCUT2D eigenvalue weighted by molar-refractivity contribution is 0.303. The van der Waals surface area contributed by atoms with Crippen molar-refractivity contribution in [3.63, 3.8) is 0 Å². The van der Waals surface area contributed by atoms with Gasteiger partial charge in [-0.1, -0.05) is 141 Å². The Morgan fingerprint density at radius 2 is 1.21 bits per heavy atom. The lowest BCUT2D eigenvalue weighted by atomic mass is 9.93.